The summed E-state index contributed by atoms with van der Waals surface area (Å²) in [5, 5.41) is 0. The topological polar surface area (TPSA) is 57.4 Å². The molecule has 3 aromatic rings. The fraction of sp³-hybridized carbons (Fsp3) is 0.0909. The molecule has 5 heterocycles. The first-order valence-electron chi connectivity index (χ1n) is 8.89. The van der Waals surface area contributed by atoms with Gasteiger partial charge in [-0.15, -0.1) is 0 Å². The minimum atomic E-state index is 0.936. The van der Waals surface area contributed by atoms with Gasteiger partial charge in [-0.1, -0.05) is 0 Å². The van der Waals surface area contributed by atoms with E-state index in [-0.39, 0.29) is 0 Å². The van der Waals surface area contributed by atoms with Crippen LogP contribution in [0.3, 0.4) is 0 Å². The second kappa shape index (κ2) is 5.05. The van der Waals surface area contributed by atoms with Crippen molar-refractivity contribution >= 4 is 46.4 Å². The summed E-state index contributed by atoms with van der Waals surface area (Å²) in [6.07, 6.45) is 10.4. The van der Waals surface area contributed by atoms with Gasteiger partial charge in [-0.2, -0.15) is 0 Å². The van der Waals surface area contributed by atoms with Crippen molar-refractivity contribution < 1.29 is 0 Å². The zero-order chi connectivity index (χ0) is 17.1. The van der Waals surface area contributed by atoms with E-state index in [9.17, 15) is 0 Å². The van der Waals surface area contributed by atoms with Crippen molar-refractivity contribution in [1.29, 1.82) is 0 Å². The second-order valence-corrected chi connectivity index (χ2v) is 6.96. The molecule has 0 atom stereocenters. The lowest BCUT2D eigenvalue weighted by Crippen LogP contribution is -1.86. The van der Waals surface area contributed by atoms with Gasteiger partial charge in [0.05, 0.1) is 22.8 Å². The van der Waals surface area contributed by atoms with Crippen molar-refractivity contribution in [1.82, 2.24) is 19.9 Å². The number of nitrogens with one attached hydrogen (secondary N) is 2. The molecule has 6 rings (SSSR count). The Morgan fingerprint density at radius 3 is 2.35 bits per heavy atom. The Morgan fingerprint density at radius 2 is 1.42 bits per heavy atom. The third-order valence-electron chi connectivity index (χ3n) is 5.16. The average Bonchev–Trinajstić information content (AvgIpc) is 3.38. The van der Waals surface area contributed by atoms with E-state index in [0.717, 1.165) is 52.2 Å². The van der Waals surface area contributed by atoms with Crippen molar-refractivity contribution in [3.63, 3.8) is 0 Å². The van der Waals surface area contributed by atoms with E-state index in [2.05, 4.69) is 57.4 Å². The summed E-state index contributed by atoms with van der Waals surface area (Å²) in [7, 11) is 0. The first-order chi connectivity index (χ1) is 12.8. The van der Waals surface area contributed by atoms with Crippen molar-refractivity contribution in [2.75, 3.05) is 0 Å². The number of fused-ring (bicyclic) bond motifs is 8. The maximum atomic E-state index is 4.82. The van der Waals surface area contributed by atoms with E-state index in [1.54, 1.807) is 0 Å². The third-order valence-corrected chi connectivity index (χ3v) is 5.16. The maximum absolute atomic E-state index is 4.82. The fourth-order valence-electron chi connectivity index (χ4n) is 3.96. The number of aromatic amines is 2. The second-order valence-electron chi connectivity index (χ2n) is 6.96. The average molecular weight is 336 g/mol. The van der Waals surface area contributed by atoms with E-state index in [0.29, 0.717) is 0 Å². The highest BCUT2D eigenvalue weighted by atomic mass is 14.8. The van der Waals surface area contributed by atoms with Gasteiger partial charge in [-0.3, -0.25) is 0 Å². The van der Waals surface area contributed by atoms with Gasteiger partial charge in [0.1, 0.15) is 0 Å². The predicted molar refractivity (Wildman–Crippen MR) is 106 cm³/mol. The summed E-state index contributed by atoms with van der Waals surface area (Å²) in [6.45, 7) is 0. The van der Waals surface area contributed by atoms with Gasteiger partial charge in [-0.05, 0) is 79.1 Å². The normalized spacial score (nSPS) is 14.3. The zero-order valence-electron chi connectivity index (χ0n) is 14.1. The van der Waals surface area contributed by atoms with Crippen LogP contribution in [0.15, 0.2) is 36.4 Å². The van der Waals surface area contributed by atoms with E-state index in [1.165, 1.54) is 16.6 Å². The first kappa shape index (κ1) is 13.8. The standard InChI is InChI=1S/C22H16N4/c1-7-20-21-8-6-18(25-21)11-16-3-2-14(23-16)10-15-4-5-17(24-15)12-19-9-13(1)22(20)26-19/h2-6,8-12,24,26H,1,7H2. The van der Waals surface area contributed by atoms with Gasteiger partial charge < -0.3 is 9.97 Å². The van der Waals surface area contributed by atoms with Gasteiger partial charge in [0, 0.05) is 27.6 Å². The van der Waals surface area contributed by atoms with E-state index in [1.807, 2.05) is 18.2 Å². The van der Waals surface area contributed by atoms with Gasteiger partial charge in [0.25, 0.3) is 0 Å². The quantitative estimate of drug-likeness (QED) is 0.428. The summed E-state index contributed by atoms with van der Waals surface area (Å²) in [6, 6.07) is 12.7. The van der Waals surface area contributed by atoms with Crippen LogP contribution in [-0.4, -0.2) is 19.9 Å². The van der Waals surface area contributed by atoms with Crippen LogP contribution in [0.1, 0.15) is 33.9 Å². The number of rotatable bonds is 0. The lowest BCUT2D eigenvalue weighted by atomic mass is 10.2. The maximum Gasteiger partial charge on any atom is 0.0690 e. The van der Waals surface area contributed by atoms with Crippen LogP contribution in [0.25, 0.3) is 46.4 Å². The smallest absolute Gasteiger partial charge is 0.0690 e. The zero-order valence-corrected chi connectivity index (χ0v) is 14.1. The molecule has 0 saturated heterocycles. The highest BCUT2D eigenvalue weighted by Gasteiger charge is 2.17. The van der Waals surface area contributed by atoms with Crippen molar-refractivity contribution in [3.05, 3.63) is 70.3 Å². The van der Waals surface area contributed by atoms with Gasteiger partial charge in [-0.25, -0.2) is 9.97 Å². The molecule has 26 heavy (non-hydrogen) atoms. The Hall–Kier alpha value is -3.40. The number of nitrogens with zero attached hydrogens (tertiary/aromatic N) is 2. The van der Waals surface area contributed by atoms with Crippen LogP contribution >= 0.6 is 0 Å². The van der Waals surface area contributed by atoms with Gasteiger partial charge in [0.15, 0.2) is 0 Å². The van der Waals surface area contributed by atoms with Crippen LogP contribution in [0.4, 0.5) is 0 Å². The highest BCUT2D eigenvalue weighted by molar-refractivity contribution is 5.82. The molecule has 1 aliphatic carbocycles. The molecule has 124 valence electrons. The lowest BCUT2D eigenvalue weighted by molar-refractivity contribution is 1.01. The monoisotopic (exact) mass is 336 g/mol. The minimum absolute atomic E-state index is 0.936. The summed E-state index contributed by atoms with van der Waals surface area (Å²) in [4.78, 5) is 16.5. The van der Waals surface area contributed by atoms with Crippen molar-refractivity contribution in [2.24, 2.45) is 0 Å². The Morgan fingerprint density at radius 1 is 0.654 bits per heavy atom. The molecule has 3 aliphatic rings. The Bertz CT molecular complexity index is 1280. The molecule has 0 fully saturated rings. The predicted octanol–water partition coefficient (Wildman–Crippen LogP) is 4.75. The van der Waals surface area contributed by atoms with Crippen LogP contribution < -0.4 is 0 Å². The number of aromatic nitrogens is 4. The van der Waals surface area contributed by atoms with Gasteiger partial charge in [0.2, 0.25) is 0 Å². The molecule has 2 aliphatic heterocycles. The van der Waals surface area contributed by atoms with Crippen LogP contribution in [0.2, 0.25) is 0 Å². The molecule has 0 unspecified atom stereocenters. The van der Waals surface area contributed by atoms with E-state index < -0.39 is 0 Å². The van der Waals surface area contributed by atoms with Crippen LogP contribution in [0.5, 0.6) is 0 Å². The molecule has 8 bridgehead atoms. The number of hydrogen-bond acceptors (Lipinski definition) is 2. The van der Waals surface area contributed by atoms with E-state index in [4.69, 9.17) is 4.98 Å². The van der Waals surface area contributed by atoms with Crippen molar-refractivity contribution in [3.8, 4) is 0 Å². The number of hydrogen-bond donors (Lipinski definition) is 2. The first-order valence-corrected chi connectivity index (χ1v) is 8.89. The fourth-order valence-corrected chi connectivity index (χ4v) is 3.96. The summed E-state index contributed by atoms with van der Waals surface area (Å²) in [5.41, 5.74) is 11.1. The van der Waals surface area contributed by atoms with Crippen LogP contribution in [0, 0.1) is 0 Å². The summed E-state index contributed by atoms with van der Waals surface area (Å²) < 4.78 is 0. The summed E-state index contributed by atoms with van der Waals surface area (Å²) in [5.74, 6) is 0. The number of aryl methyl sites for hydroxylation is 2. The minimum Gasteiger partial charge on any atom is -0.355 e. The van der Waals surface area contributed by atoms with Crippen LogP contribution in [-0.2, 0) is 12.8 Å². The lowest BCUT2D eigenvalue weighted by Gasteiger charge is -1.94. The molecule has 4 nitrogen and oxygen atoms in total. The SMILES string of the molecule is C1=Cc2cc3ccc(cc4cc5c([nH]4)c(c4nc(cc1n2)C=C4)CC5)[nH]3. The molecule has 4 heteroatoms. The van der Waals surface area contributed by atoms with Gasteiger partial charge >= 0.3 is 0 Å². The largest absolute Gasteiger partial charge is 0.355 e. The molecule has 0 amide bonds. The third kappa shape index (κ3) is 2.15. The molecule has 0 radical (unpaired) electrons. The van der Waals surface area contributed by atoms with E-state index >= 15 is 0 Å². The Balaban J connectivity index is 1.74. The number of H-pyrrole nitrogens is 2. The molecule has 3 aromatic heterocycles. The molecule has 0 aromatic carbocycles. The molecule has 0 spiro atoms. The van der Waals surface area contributed by atoms with Crippen molar-refractivity contribution in [2.45, 2.75) is 12.8 Å². The molecular weight excluding hydrogens is 320 g/mol. The highest BCUT2D eigenvalue weighted by Crippen LogP contribution is 2.30. The summed E-state index contributed by atoms with van der Waals surface area (Å²) >= 11 is 0. The Kier molecular flexibility index (Phi) is 2.69. The molecule has 0 saturated carbocycles. The molecule has 2 N–H and O–H groups in total. The molecular formula is C22H16N4. The Labute approximate surface area is 150 Å².